The van der Waals surface area contributed by atoms with Crippen molar-refractivity contribution in [3.8, 4) is 0 Å². The predicted molar refractivity (Wildman–Crippen MR) is 98.0 cm³/mol. The molecule has 0 saturated heterocycles. The molecule has 0 unspecified atom stereocenters. The van der Waals surface area contributed by atoms with Crippen molar-refractivity contribution in [1.82, 2.24) is 10.3 Å². The average molecular weight is 377 g/mol. The van der Waals surface area contributed by atoms with Crippen LogP contribution in [0.5, 0.6) is 0 Å². The van der Waals surface area contributed by atoms with Crippen molar-refractivity contribution >= 4 is 23.5 Å². The van der Waals surface area contributed by atoms with E-state index in [-0.39, 0.29) is 28.8 Å². The van der Waals surface area contributed by atoms with Gasteiger partial charge in [0.15, 0.2) is 6.61 Å². The first-order chi connectivity index (χ1) is 12.3. The highest BCUT2D eigenvalue weighted by Gasteiger charge is 2.51. The number of carbonyl (C=O) groups is 2. The minimum Gasteiger partial charge on any atom is -0.452 e. The van der Waals surface area contributed by atoms with E-state index < -0.39 is 5.97 Å². The van der Waals surface area contributed by atoms with Gasteiger partial charge in [0, 0.05) is 11.2 Å². The average Bonchev–Trinajstić information content (AvgIpc) is 2.50. The van der Waals surface area contributed by atoms with Crippen molar-refractivity contribution in [3.63, 3.8) is 0 Å². The van der Waals surface area contributed by atoms with Crippen LogP contribution in [0.3, 0.4) is 0 Å². The second-order valence-electron chi connectivity index (χ2n) is 8.57. The van der Waals surface area contributed by atoms with E-state index in [2.05, 4.69) is 10.3 Å². The molecule has 4 saturated carbocycles. The van der Waals surface area contributed by atoms with Crippen molar-refractivity contribution in [3.05, 3.63) is 28.0 Å². The topological polar surface area (TPSA) is 68.3 Å². The lowest BCUT2D eigenvalue weighted by Gasteiger charge is -2.56. The van der Waals surface area contributed by atoms with Crippen molar-refractivity contribution in [1.29, 1.82) is 0 Å². The summed E-state index contributed by atoms with van der Waals surface area (Å²) in [5.74, 6) is 1.45. The van der Waals surface area contributed by atoms with Crippen LogP contribution in [0.15, 0.2) is 6.07 Å². The van der Waals surface area contributed by atoms with Crippen LogP contribution in [0.2, 0.25) is 5.15 Å². The number of carbonyl (C=O) groups excluding carboxylic acids is 2. The van der Waals surface area contributed by atoms with Crippen LogP contribution in [0.4, 0.5) is 0 Å². The molecular weight excluding hydrogens is 352 g/mol. The monoisotopic (exact) mass is 376 g/mol. The summed E-state index contributed by atoms with van der Waals surface area (Å²) in [6.45, 7) is 3.32. The number of halogens is 1. The quantitative estimate of drug-likeness (QED) is 0.644. The molecule has 0 aliphatic heterocycles. The Balaban J connectivity index is 1.37. The number of amides is 1. The molecule has 1 heterocycles. The molecule has 0 radical (unpaired) electrons. The highest BCUT2D eigenvalue weighted by molar-refractivity contribution is 6.32. The molecule has 140 valence electrons. The first kappa shape index (κ1) is 17.8. The Kier molecular flexibility index (Phi) is 4.46. The van der Waals surface area contributed by atoms with Crippen LogP contribution in [0, 0.1) is 31.6 Å². The number of nitrogens with one attached hydrogen (secondary N) is 1. The normalized spacial score (nSPS) is 31.7. The molecule has 26 heavy (non-hydrogen) atoms. The number of rotatable bonds is 4. The molecule has 1 N–H and O–H groups in total. The second-order valence-corrected chi connectivity index (χ2v) is 8.93. The van der Waals surface area contributed by atoms with Gasteiger partial charge in [0.25, 0.3) is 5.91 Å². The third-order valence-electron chi connectivity index (χ3n) is 6.28. The van der Waals surface area contributed by atoms with Gasteiger partial charge in [0.1, 0.15) is 5.15 Å². The van der Waals surface area contributed by atoms with E-state index in [9.17, 15) is 9.59 Å². The van der Waals surface area contributed by atoms with Gasteiger partial charge in [-0.25, -0.2) is 9.78 Å². The number of hydrogen-bond acceptors (Lipinski definition) is 4. The molecule has 5 nitrogen and oxygen atoms in total. The number of aryl methyl sites for hydroxylation is 2. The maximum absolute atomic E-state index is 12.5. The lowest BCUT2D eigenvalue weighted by Crippen LogP contribution is -2.60. The first-order valence-corrected chi connectivity index (χ1v) is 9.83. The van der Waals surface area contributed by atoms with Crippen molar-refractivity contribution < 1.29 is 14.3 Å². The number of ether oxygens (including phenoxy) is 1. The van der Waals surface area contributed by atoms with Gasteiger partial charge in [-0.1, -0.05) is 11.6 Å². The molecule has 0 aromatic carbocycles. The third-order valence-corrected chi connectivity index (χ3v) is 6.56. The maximum atomic E-state index is 12.5. The molecular formula is C20H25ClN2O3. The molecule has 6 heteroatoms. The van der Waals surface area contributed by atoms with Crippen LogP contribution in [0.25, 0.3) is 0 Å². The number of pyridine rings is 1. The molecule has 4 aliphatic rings. The summed E-state index contributed by atoms with van der Waals surface area (Å²) in [4.78, 5) is 28.9. The van der Waals surface area contributed by atoms with E-state index in [1.807, 2.05) is 6.92 Å². The van der Waals surface area contributed by atoms with Gasteiger partial charge in [0.05, 0.1) is 5.56 Å². The molecule has 1 amide bonds. The van der Waals surface area contributed by atoms with Crippen LogP contribution in [-0.4, -0.2) is 29.0 Å². The fourth-order valence-electron chi connectivity index (χ4n) is 5.84. The van der Waals surface area contributed by atoms with E-state index >= 15 is 0 Å². The Bertz CT molecular complexity index is 703. The van der Waals surface area contributed by atoms with Crippen molar-refractivity contribution in [2.75, 3.05) is 6.61 Å². The van der Waals surface area contributed by atoms with E-state index in [1.54, 1.807) is 13.0 Å². The van der Waals surface area contributed by atoms with Crippen LogP contribution in [-0.2, 0) is 9.53 Å². The van der Waals surface area contributed by atoms with Gasteiger partial charge in [-0.2, -0.15) is 0 Å². The Morgan fingerprint density at radius 2 is 1.77 bits per heavy atom. The number of hydrogen-bond donors (Lipinski definition) is 1. The van der Waals surface area contributed by atoms with E-state index in [0.717, 1.165) is 42.7 Å². The summed E-state index contributed by atoms with van der Waals surface area (Å²) in [6, 6.07) is 1.78. The number of nitrogens with zero attached hydrogens (tertiary/aromatic N) is 1. The van der Waals surface area contributed by atoms with E-state index in [4.69, 9.17) is 16.3 Å². The lowest BCUT2D eigenvalue weighted by atomic mass is 9.53. The highest BCUT2D eigenvalue weighted by atomic mass is 35.5. The molecule has 0 atom stereocenters. The van der Waals surface area contributed by atoms with Crippen LogP contribution < -0.4 is 5.32 Å². The molecule has 4 fully saturated rings. The van der Waals surface area contributed by atoms with Crippen molar-refractivity contribution in [2.24, 2.45) is 17.8 Å². The first-order valence-electron chi connectivity index (χ1n) is 9.45. The summed E-state index contributed by atoms with van der Waals surface area (Å²) >= 11 is 6.08. The Morgan fingerprint density at radius 1 is 1.19 bits per heavy atom. The maximum Gasteiger partial charge on any atom is 0.342 e. The van der Waals surface area contributed by atoms with Crippen LogP contribution in [0.1, 0.15) is 60.1 Å². The molecule has 1 aromatic rings. The molecule has 1 aromatic heterocycles. The molecule has 4 aliphatic carbocycles. The number of esters is 1. The van der Waals surface area contributed by atoms with Gasteiger partial charge in [0.2, 0.25) is 0 Å². The summed E-state index contributed by atoms with van der Waals surface area (Å²) in [7, 11) is 0. The zero-order valence-corrected chi connectivity index (χ0v) is 16.1. The lowest BCUT2D eigenvalue weighted by molar-refractivity contribution is -0.130. The third kappa shape index (κ3) is 3.34. The van der Waals surface area contributed by atoms with E-state index in [1.165, 1.54) is 19.3 Å². The second kappa shape index (κ2) is 6.52. The Labute approximate surface area is 158 Å². The Morgan fingerprint density at radius 3 is 2.31 bits per heavy atom. The molecule has 0 spiro atoms. The summed E-state index contributed by atoms with van der Waals surface area (Å²) in [6.07, 6.45) is 7.19. The highest BCUT2D eigenvalue weighted by Crippen LogP contribution is 2.55. The smallest absolute Gasteiger partial charge is 0.342 e. The summed E-state index contributed by atoms with van der Waals surface area (Å²) in [5.41, 5.74) is 1.61. The van der Waals surface area contributed by atoms with Gasteiger partial charge >= 0.3 is 5.97 Å². The van der Waals surface area contributed by atoms with Crippen molar-refractivity contribution in [2.45, 2.75) is 57.9 Å². The predicted octanol–water partition coefficient (Wildman–Crippen LogP) is 3.59. The largest absolute Gasteiger partial charge is 0.452 e. The number of aromatic nitrogens is 1. The van der Waals surface area contributed by atoms with Gasteiger partial charge in [-0.05, 0) is 81.8 Å². The Hall–Kier alpha value is -1.62. The zero-order chi connectivity index (χ0) is 18.5. The van der Waals surface area contributed by atoms with Gasteiger partial charge in [-0.3, -0.25) is 4.79 Å². The standard InChI is InChI=1S/C20H25ClN2O3/c1-11-3-12(2)22-18(21)17(11)19(25)26-10-16(24)23-20-7-13-4-14(8-20)6-15(5-13)9-20/h3,13-15H,4-10H2,1-2H3,(H,23,24). The van der Waals surface area contributed by atoms with Gasteiger partial charge in [-0.15, -0.1) is 0 Å². The molecule has 5 rings (SSSR count). The minimum absolute atomic E-state index is 0.0722. The fraction of sp³-hybridized carbons (Fsp3) is 0.650. The zero-order valence-electron chi connectivity index (χ0n) is 15.3. The SMILES string of the molecule is Cc1cc(C)c(C(=O)OCC(=O)NC23CC4CC(CC(C4)C2)C3)c(Cl)n1. The van der Waals surface area contributed by atoms with Gasteiger partial charge < -0.3 is 10.1 Å². The minimum atomic E-state index is -0.597. The molecule has 4 bridgehead atoms. The van der Waals surface area contributed by atoms with E-state index in [0.29, 0.717) is 5.56 Å². The summed E-state index contributed by atoms with van der Waals surface area (Å²) < 4.78 is 5.23. The fourth-order valence-corrected chi connectivity index (χ4v) is 6.19. The van der Waals surface area contributed by atoms with Crippen LogP contribution >= 0.6 is 11.6 Å². The summed E-state index contributed by atoms with van der Waals surface area (Å²) in [5, 5.41) is 3.32.